The lowest BCUT2D eigenvalue weighted by Gasteiger charge is -2.36. The Bertz CT molecular complexity index is 2390. The third-order valence-electron chi connectivity index (χ3n) is 11.2. The molecule has 368 valence electrons. The Kier molecular flexibility index (Phi) is 22.0. The molecule has 0 aliphatic heterocycles. The summed E-state index contributed by atoms with van der Waals surface area (Å²) < 4.78 is 23.7. The molecular formula is C52H74BBrN4O8Si2. The largest absolute Gasteiger partial charge is 0.488 e. The van der Waals surface area contributed by atoms with E-state index in [-0.39, 0.29) is 16.6 Å². The van der Waals surface area contributed by atoms with E-state index < -0.39 is 47.1 Å². The number of ether oxygens (including phenoxy) is 2. The van der Waals surface area contributed by atoms with Crippen LogP contribution in [0, 0.1) is 22.7 Å². The lowest BCUT2D eigenvalue weighted by molar-refractivity contribution is 0.0512. The van der Waals surface area contributed by atoms with Crippen LogP contribution in [0.2, 0.25) is 36.3 Å². The van der Waals surface area contributed by atoms with E-state index in [9.17, 15) is 14.9 Å². The molecule has 0 aliphatic carbocycles. The molecule has 4 aromatic carbocycles. The van der Waals surface area contributed by atoms with E-state index in [1.54, 1.807) is 51.1 Å². The molecule has 0 aromatic heterocycles. The number of carbonyl (C=O) groups is 2. The summed E-state index contributed by atoms with van der Waals surface area (Å²) in [5.74, 6) is 0. The van der Waals surface area contributed by atoms with E-state index in [0.717, 1.165) is 37.9 Å². The van der Waals surface area contributed by atoms with Crippen molar-refractivity contribution < 1.29 is 38.0 Å². The number of halogens is 1. The number of hydrogen-bond acceptors (Lipinski definition) is 10. The van der Waals surface area contributed by atoms with Gasteiger partial charge in [0.25, 0.3) is 0 Å². The van der Waals surface area contributed by atoms with Crippen LogP contribution in [0.1, 0.15) is 116 Å². The Morgan fingerprint density at radius 1 is 0.588 bits per heavy atom. The molecule has 68 heavy (non-hydrogen) atoms. The summed E-state index contributed by atoms with van der Waals surface area (Å²) in [6.07, 6.45) is -0.952. The zero-order chi connectivity index (χ0) is 51.9. The highest BCUT2D eigenvalue weighted by Crippen LogP contribution is 2.38. The van der Waals surface area contributed by atoms with Gasteiger partial charge in [0.05, 0.1) is 36.5 Å². The lowest BCUT2D eigenvalue weighted by Crippen LogP contribution is -2.40. The summed E-state index contributed by atoms with van der Waals surface area (Å²) >= 11 is 3.31. The summed E-state index contributed by atoms with van der Waals surface area (Å²) in [5, 5.41) is 42.3. The van der Waals surface area contributed by atoms with Crippen LogP contribution in [0.5, 0.6) is 0 Å². The number of nitrogens with zero attached hydrogens (tertiary/aromatic N) is 2. The predicted octanol–water partition coefficient (Wildman–Crippen LogP) is 12.0. The van der Waals surface area contributed by atoms with Crippen molar-refractivity contribution in [3.63, 3.8) is 0 Å². The van der Waals surface area contributed by atoms with Crippen LogP contribution < -0.4 is 16.1 Å². The zero-order valence-corrected chi connectivity index (χ0v) is 46.7. The minimum absolute atomic E-state index is 0.155. The van der Waals surface area contributed by atoms with Gasteiger partial charge in [-0.25, -0.2) is 9.59 Å². The number of alkyl carbamates (subject to hydrolysis) is 2. The van der Waals surface area contributed by atoms with Crippen LogP contribution in [0.3, 0.4) is 0 Å². The normalized spacial score (nSPS) is 11.9. The molecule has 4 N–H and O–H groups in total. The molecule has 16 heteroatoms. The van der Waals surface area contributed by atoms with E-state index in [4.69, 9.17) is 33.6 Å². The molecule has 0 heterocycles. The summed E-state index contributed by atoms with van der Waals surface area (Å²) in [6.45, 7) is 34.8. The molecule has 0 fully saturated rings. The molecule has 0 unspecified atom stereocenters. The fourth-order valence-electron chi connectivity index (χ4n) is 5.46. The number of amides is 2. The number of nitrogens with one attached hydrogen (secondary N) is 2. The highest BCUT2D eigenvalue weighted by molar-refractivity contribution is 9.10. The zero-order valence-electron chi connectivity index (χ0n) is 43.1. The molecule has 4 aromatic rings. The van der Waals surface area contributed by atoms with Crippen LogP contribution >= 0.6 is 15.9 Å². The number of nitriles is 2. The van der Waals surface area contributed by atoms with Gasteiger partial charge in [-0.15, -0.1) is 0 Å². The maximum absolute atomic E-state index is 12.0. The second kappa shape index (κ2) is 25.2. The summed E-state index contributed by atoms with van der Waals surface area (Å²) in [4.78, 5) is 23.5. The molecule has 0 atom stereocenters. The third kappa shape index (κ3) is 21.7. The Balaban J connectivity index is 0.000000376. The topological polar surface area (TPSA) is 183 Å². The monoisotopic (exact) mass is 1030 g/mol. The summed E-state index contributed by atoms with van der Waals surface area (Å²) in [7, 11) is -5.02. The van der Waals surface area contributed by atoms with Gasteiger partial charge >= 0.3 is 19.3 Å². The van der Waals surface area contributed by atoms with Crippen molar-refractivity contribution in [2.75, 3.05) is 0 Å². The fraction of sp³-hybridized carbons (Fsp3) is 0.462. The number of rotatable bonds is 12. The maximum Gasteiger partial charge on any atom is 0.488 e. The van der Waals surface area contributed by atoms with Gasteiger partial charge in [-0.1, -0.05) is 99.9 Å². The van der Waals surface area contributed by atoms with Gasteiger partial charge in [0, 0.05) is 17.6 Å². The van der Waals surface area contributed by atoms with Crippen molar-refractivity contribution >= 4 is 57.3 Å². The number of hydrogen-bond donors (Lipinski definition) is 4. The quantitative estimate of drug-likeness (QED) is 0.0996. The minimum atomic E-state index is -1.84. The van der Waals surface area contributed by atoms with Crippen molar-refractivity contribution in [1.82, 2.24) is 10.6 Å². The van der Waals surface area contributed by atoms with Crippen LogP contribution in [0.15, 0.2) is 89.4 Å². The van der Waals surface area contributed by atoms with Gasteiger partial charge in [-0.05, 0) is 159 Å². The van der Waals surface area contributed by atoms with Crippen molar-refractivity contribution in [2.24, 2.45) is 0 Å². The van der Waals surface area contributed by atoms with Gasteiger partial charge < -0.3 is 39.0 Å². The molecule has 0 saturated carbocycles. The second-order valence-corrected chi connectivity index (χ2v) is 32.2. The molecule has 4 rings (SSSR count). The molecule has 0 aliphatic rings. The first-order valence-corrected chi connectivity index (χ1v) is 29.2. The second-order valence-electron chi connectivity index (χ2n) is 21.6. The lowest BCUT2D eigenvalue weighted by atomic mass is 9.80. The average Bonchev–Trinajstić information content (AvgIpc) is 3.22. The fourth-order valence-corrected chi connectivity index (χ4v) is 7.93. The number of benzene rings is 4. The third-order valence-corrected chi connectivity index (χ3v) is 20.6. The summed E-state index contributed by atoms with van der Waals surface area (Å²) in [6, 6.07) is 30.6. The Labute approximate surface area is 417 Å². The van der Waals surface area contributed by atoms with Gasteiger partial charge in [-0.2, -0.15) is 10.5 Å². The van der Waals surface area contributed by atoms with Gasteiger partial charge in [0.15, 0.2) is 16.6 Å². The molecular weight excluding hydrogens is 955 g/mol. The van der Waals surface area contributed by atoms with Crippen molar-refractivity contribution in [2.45, 2.75) is 157 Å². The Hall–Kier alpha value is -4.78. The van der Waals surface area contributed by atoms with Crippen LogP contribution in [-0.2, 0) is 44.6 Å². The van der Waals surface area contributed by atoms with Crippen molar-refractivity contribution in [3.05, 3.63) is 123 Å². The van der Waals surface area contributed by atoms with E-state index in [1.807, 2.05) is 63.2 Å². The van der Waals surface area contributed by atoms with E-state index in [0.29, 0.717) is 36.3 Å². The van der Waals surface area contributed by atoms with Crippen LogP contribution in [0.4, 0.5) is 9.59 Å². The van der Waals surface area contributed by atoms with E-state index >= 15 is 0 Å². The number of carbonyl (C=O) groups excluding carboxylic acids is 2. The SMILES string of the molecule is CC(C)(C)OC(=O)NCc1cc(Br)cc(C#N)c1.CC(C)(C)OC(=O)NCc1cc(C#N)cc(-c2cccc(CO[Si](C)(C)C(C)(C)C)c2)c1.CC(C)(C)[Si](C)(C)OCc1cccc(B(O)O)c1. The first-order valence-electron chi connectivity index (χ1n) is 22.6. The van der Waals surface area contributed by atoms with Gasteiger partial charge in [0.2, 0.25) is 0 Å². The van der Waals surface area contributed by atoms with Crippen molar-refractivity contribution in [1.29, 1.82) is 10.5 Å². The molecule has 0 spiro atoms. The molecule has 0 radical (unpaired) electrons. The molecule has 2 amide bonds. The standard InChI is InChI=1S/C26H36N2O3Si.C13H23BO3Si.C13H15BrN2O2/c1-25(2,3)31-24(29)28-17-21-12-20(16-27)14-23(15-21)22-11-9-10-19(13-22)18-30-32(7,8)26(4,5)6;1-13(2,3)18(4,5)17-10-11-7-6-8-12(9-11)14(15)16;1-13(2,3)18-12(17)16-8-10-4-9(7-15)5-11(14)6-10/h9-15H,17-18H2,1-8H3,(H,28,29);6-9,15-16H,10H2,1-5H3;4-6H,8H2,1-3H3,(H,16,17). The molecule has 0 saturated heterocycles. The summed E-state index contributed by atoms with van der Waals surface area (Å²) in [5.41, 5.74) is 6.22. The highest BCUT2D eigenvalue weighted by Gasteiger charge is 2.38. The molecule has 12 nitrogen and oxygen atoms in total. The van der Waals surface area contributed by atoms with E-state index in [1.165, 1.54) is 0 Å². The van der Waals surface area contributed by atoms with Gasteiger partial charge in [-0.3, -0.25) is 0 Å². The molecule has 0 bridgehead atoms. The van der Waals surface area contributed by atoms with E-state index in [2.05, 4.69) is 119 Å². The van der Waals surface area contributed by atoms with Crippen LogP contribution in [-0.4, -0.2) is 57.2 Å². The first-order chi connectivity index (χ1) is 31.1. The smallest absolute Gasteiger partial charge is 0.444 e. The Morgan fingerprint density at radius 2 is 1.00 bits per heavy atom. The minimum Gasteiger partial charge on any atom is -0.444 e. The van der Waals surface area contributed by atoms with Crippen LogP contribution in [0.25, 0.3) is 11.1 Å². The maximum atomic E-state index is 12.0. The average molecular weight is 1030 g/mol. The van der Waals surface area contributed by atoms with Gasteiger partial charge in [0.1, 0.15) is 11.2 Å². The van der Waals surface area contributed by atoms with Crippen molar-refractivity contribution in [3.8, 4) is 23.3 Å². The predicted molar refractivity (Wildman–Crippen MR) is 282 cm³/mol. The highest BCUT2D eigenvalue weighted by atomic mass is 79.9. The first kappa shape index (κ1) is 59.3. The Morgan fingerprint density at radius 3 is 1.43 bits per heavy atom.